The first-order chi connectivity index (χ1) is 9.61. The van der Waals surface area contributed by atoms with Gasteiger partial charge in [-0.1, -0.05) is 25.1 Å². The molecule has 4 nitrogen and oxygen atoms in total. The number of nitrogens with zero attached hydrogens (tertiary/aromatic N) is 2. The number of aryl methyl sites for hydroxylation is 1. The number of carbonyl (C=O) groups excluding carboxylic acids is 1. The zero-order chi connectivity index (χ0) is 14.2. The SMILES string of the molecule is CCC1(O)CN(CC(=O)N2CCCc3ccccc32)C1. The van der Waals surface area contributed by atoms with Crippen LogP contribution in [0.1, 0.15) is 25.3 Å². The van der Waals surface area contributed by atoms with Gasteiger partial charge in [-0.3, -0.25) is 9.69 Å². The minimum absolute atomic E-state index is 0.148. The van der Waals surface area contributed by atoms with Crippen LogP contribution in [-0.4, -0.2) is 47.7 Å². The number of amides is 1. The quantitative estimate of drug-likeness (QED) is 0.906. The van der Waals surface area contributed by atoms with Crippen molar-refractivity contribution in [3.63, 3.8) is 0 Å². The number of β-amino-alcohol motifs (C(OH)–C–C–N with tert-alkyl or cyclic N) is 1. The topological polar surface area (TPSA) is 43.8 Å². The van der Waals surface area contributed by atoms with E-state index in [1.807, 2.05) is 34.9 Å². The van der Waals surface area contributed by atoms with Crippen molar-refractivity contribution in [3.8, 4) is 0 Å². The highest BCUT2D eigenvalue weighted by atomic mass is 16.3. The van der Waals surface area contributed by atoms with E-state index >= 15 is 0 Å². The summed E-state index contributed by atoms with van der Waals surface area (Å²) in [6.07, 6.45) is 2.84. The van der Waals surface area contributed by atoms with E-state index in [1.54, 1.807) is 0 Å². The lowest BCUT2D eigenvalue weighted by Crippen LogP contribution is -2.63. The molecule has 0 aliphatic carbocycles. The van der Waals surface area contributed by atoms with Gasteiger partial charge in [0.1, 0.15) is 0 Å². The van der Waals surface area contributed by atoms with Gasteiger partial charge in [0.25, 0.3) is 0 Å². The molecule has 1 aromatic carbocycles. The Bertz CT molecular complexity index is 509. The van der Waals surface area contributed by atoms with Gasteiger partial charge in [0.2, 0.25) is 5.91 Å². The van der Waals surface area contributed by atoms with Gasteiger partial charge in [-0.25, -0.2) is 0 Å². The summed E-state index contributed by atoms with van der Waals surface area (Å²) in [7, 11) is 0. The number of fused-ring (bicyclic) bond motifs is 1. The third kappa shape index (κ3) is 2.45. The van der Waals surface area contributed by atoms with Crippen LogP contribution in [0.25, 0.3) is 0 Å². The monoisotopic (exact) mass is 274 g/mol. The lowest BCUT2D eigenvalue weighted by Gasteiger charge is -2.46. The Hall–Kier alpha value is -1.39. The Morgan fingerprint density at radius 3 is 2.85 bits per heavy atom. The van der Waals surface area contributed by atoms with Crippen molar-refractivity contribution in [2.24, 2.45) is 0 Å². The Kier molecular flexibility index (Phi) is 3.52. The lowest BCUT2D eigenvalue weighted by molar-refractivity contribution is -0.130. The highest BCUT2D eigenvalue weighted by molar-refractivity contribution is 5.96. The Morgan fingerprint density at radius 1 is 1.35 bits per heavy atom. The molecular formula is C16H22N2O2. The molecule has 0 saturated carbocycles. The van der Waals surface area contributed by atoms with E-state index in [9.17, 15) is 9.90 Å². The average Bonchev–Trinajstić information content (AvgIpc) is 2.44. The van der Waals surface area contributed by atoms with Gasteiger partial charge >= 0.3 is 0 Å². The Labute approximate surface area is 120 Å². The molecule has 1 saturated heterocycles. The molecule has 2 aliphatic heterocycles. The molecule has 0 aromatic heterocycles. The zero-order valence-electron chi connectivity index (χ0n) is 12.0. The van der Waals surface area contributed by atoms with Gasteiger partial charge < -0.3 is 10.0 Å². The van der Waals surface area contributed by atoms with Crippen molar-refractivity contribution in [2.45, 2.75) is 31.8 Å². The number of anilines is 1. The van der Waals surface area contributed by atoms with Crippen LogP contribution in [0, 0.1) is 0 Å². The lowest BCUT2D eigenvalue weighted by atomic mass is 9.91. The fraction of sp³-hybridized carbons (Fsp3) is 0.562. The molecule has 2 heterocycles. The van der Waals surface area contributed by atoms with Crippen molar-refractivity contribution in [1.29, 1.82) is 0 Å². The summed E-state index contributed by atoms with van der Waals surface area (Å²) in [5, 5.41) is 10.0. The van der Waals surface area contributed by atoms with E-state index in [0.717, 1.165) is 31.5 Å². The normalized spacial score (nSPS) is 21.2. The van der Waals surface area contributed by atoms with Crippen molar-refractivity contribution in [1.82, 2.24) is 4.90 Å². The molecular weight excluding hydrogens is 252 g/mol. The van der Waals surface area contributed by atoms with Crippen LogP contribution in [-0.2, 0) is 11.2 Å². The van der Waals surface area contributed by atoms with E-state index in [0.29, 0.717) is 19.6 Å². The second-order valence-corrected chi connectivity index (χ2v) is 6.00. The molecule has 0 radical (unpaired) electrons. The van der Waals surface area contributed by atoms with Crippen LogP contribution >= 0.6 is 0 Å². The summed E-state index contributed by atoms with van der Waals surface area (Å²) in [4.78, 5) is 16.4. The van der Waals surface area contributed by atoms with Gasteiger partial charge in [0.15, 0.2) is 0 Å². The van der Waals surface area contributed by atoms with Gasteiger partial charge in [0.05, 0.1) is 12.1 Å². The number of carbonyl (C=O) groups is 1. The standard InChI is InChI=1S/C16H22N2O2/c1-2-16(20)11-17(12-16)10-15(19)18-9-5-7-13-6-3-4-8-14(13)18/h3-4,6,8,20H,2,5,7,9-12H2,1H3. The van der Waals surface area contributed by atoms with Gasteiger partial charge in [-0.15, -0.1) is 0 Å². The number of benzene rings is 1. The van der Waals surface area contributed by atoms with Crippen LogP contribution < -0.4 is 4.90 Å². The summed E-state index contributed by atoms with van der Waals surface area (Å²) in [5.41, 5.74) is 1.76. The summed E-state index contributed by atoms with van der Waals surface area (Å²) in [5.74, 6) is 0.148. The van der Waals surface area contributed by atoms with Gasteiger partial charge in [-0.2, -0.15) is 0 Å². The average molecular weight is 274 g/mol. The van der Waals surface area contributed by atoms with E-state index in [4.69, 9.17) is 0 Å². The van der Waals surface area contributed by atoms with Crippen molar-refractivity contribution < 1.29 is 9.90 Å². The van der Waals surface area contributed by atoms with Gasteiger partial charge in [-0.05, 0) is 30.9 Å². The number of para-hydroxylation sites is 1. The van der Waals surface area contributed by atoms with Crippen molar-refractivity contribution >= 4 is 11.6 Å². The zero-order valence-corrected chi connectivity index (χ0v) is 12.0. The fourth-order valence-corrected chi connectivity index (χ4v) is 3.19. The minimum Gasteiger partial charge on any atom is -0.387 e. The smallest absolute Gasteiger partial charge is 0.241 e. The van der Waals surface area contributed by atoms with Crippen LogP contribution in [0.2, 0.25) is 0 Å². The molecule has 3 rings (SSSR count). The highest BCUT2D eigenvalue weighted by Crippen LogP contribution is 2.28. The second kappa shape index (κ2) is 5.19. The summed E-state index contributed by atoms with van der Waals surface area (Å²) < 4.78 is 0. The van der Waals surface area contributed by atoms with Gasteiger partial charge in [0, 0.05) is 25.3 Å². The highest BCUT2D eigenvalue weighted by Gasteiger charge is 2.40. The van der Waals surface area contributed by atoms with Crippen LogP contribution in [0.3, 0.4) is 0 Å². The van der Waals surface area contributed by atoms with E-state index in [2.05, 4.69) is 6.07 Å². The third-order valence-corrected chi connectivity index (χ3v) is 4.46. The van der Waals surface area contributed by atoms with E-state index < -0.39 is 5.60 Å². The van der Waals surface area contributed by atoms with Crippen LogP contribution in [0.5, 0.6) is 0 Å². The molecule has 1 fully saturated rings. The predicted molar refractivity (Wildman–Crippen MR) is 78.8 cm³/mol. The van der Waals surface area contributed by atoms with Crippen molar-refractivity contribution in [3.05, 3.63) is 29.8 Å². The molecule has 0 bridgehead atoms. The molecule has 0 atom stereocenters. The van der Waals surface area contributed by atoms with E-state index in [1.165, 1.54) is 5.56 Å². The first-order valence-corrected chi connectivity index (χ1v) is 7.44. The van der Waals surface area contributed by atoms with Crippen LogP contribution in [0.4, 0.5) is 5.69 Å². The van der Waals surface area contributed by atoms with E-state index in [-0.39, 0.29) is 5.91 Å². The molecule has 4 heteroatoms. The summed E-state index contributed by atoms with van der Waals surface area (Å²) in [6, 6.07) is 8.16. The maximum Gasteiger partial charge on any atom is 0.241 e. The molecule has 0 unspecified atom stereocenters. The Morgan fingerprint density at radius 2 is 2.10 bits per heavy atom. The molecule has 20 heavy (non-hydrogen) atoms. The first kappa shape index (κ1) is 13.6. The number of hydrogen-bond donors (Lipinski definition) is 1. The molecule has 108 valence electrons. The largest absolute Gasteiger partial charge is 0.387 e. The number of aliphatic hydroxyl groups is 1. The second-order valence-electron chi connectivity index (χ2n) is 6.00. The predicted octanol–water partition coefficient (Wildman–Crippen LogP) is 1.42. The minimum atomic E-state index is -0.569. The molecule has 1 amide bonds. The number of likely N-dealkylation sites (tertiary alicyclic amines) is 1. The number of rotatable bonds is 3. The summed E-state index contributed by atoms with van der Waals surface area (Å²) >= 11 is 0. The van der Waals surface area contributed by atoms with Crippen LogP contribution in [0.15, 0.2) is 24.3 Å². The fourth-order valence-electron chi connectivity index (χ4n) is 3.19. The maximum atomic E-state index is 12.5. The van der Waals surface area contributed by atoms with Crippen molar-refractivity contribution in [2.75, 3.05) is 31.1 Å². The third-order valence-electron chi connectivity index (χ3n) is 4.46. The summed E-state index contributed by atoms with van der Waals surface area (Å²) in [6.45, 7) is 4.44. The molecule has 1 aromatic rings. The number of hydrogen-bond acceptors (Lipinski definition) is 3. The maximum absolute atomic E-state index is 12.5. The molecule has 2 aliphatic rings. The Balaban J connectivity index is 1.65. The molecule has 1 N–H and O–H groups in total. The molecule has 0 spiro atoms. The first-order valence-electron chi connectivity index (χ1n) is 7.44.